The largest absolute Gasteiger partial charge is 0.514 e. The lowest BCUT2D eigenvalue weighted by molar-refractivity contribution is -0.903. The molecule has 9 nitrogen and oxygen atoms in total. The Morgan fingerprint density at radius 1 is 1.05 bits per heavy atom. The van der Waals surface area contributed by atoms with Gasteiger partial charge >= 0.3 is 12.1 Å². The van der Waals surface area contributed by atoms with E-state index in [1.807, 2.05) is 56.4 Å². The lowest BCUT2D eigenvalue weighted by Crippen LogP contribution is -2.66. The number of likely N-dealkylation sites (tertiary alicyclic amines) is 1. The predicted octanol–water partition coefficient (Wildman–Crippen LogP) is 6.01. The van der Waals surface area contributed by atoms with Crippen molar-refractivity contribution in [3.63, 3.8) is 0 Å². The molecule has 4 N–H and O–H groups in total. The van der Waals surface area contributed by atoms with Crippen LogP contribution >= 0.6 is 46.1 Å². The van der Waals surface area contributed by atoms with Gasteiger partial charge in [-0.15, -0.1) is 11.3 Å². The molecule has 1 aromatic carbocycles. The molecule has 2 heterocycles. The maximum absolute atomic E-state index is 13.5. The summed E-state index contributed by atoms with van der Waals surface area (Å²) in [6.45, 7) is 6.34. The van der Waals surface area contributed by atoms with Gasteiger partial charge in [0.25, 0.3) is 15.6 Å². The van der Waals surface area contributed by atoms with Crippen molar-refractivity contribution in [2.45, 2.75) is 55.4 Å². The monoisotopic (exact) mass is 603 g/mol. The summed E-state index contributed by atoms with van der Waals surface area (Å²) < 4.78 is -2.52. The van der Waals surface area contributed by atoms with Crippen molar-refractivity contribution in [1.29, 1.82) is 0 Å². The van der Waals surface area contributed by atoms with Crippen molar-refractivity contribution >= 4 is 75.1 Å². The molecule has 0 radical (unpaired) electrons. The number of quaternary nitrogens is 1. The van der Waals surface area contributed by atoms with Crippen molar-refractivity contribution in [3.8, 4) is 10.4 Å². The van der Waals surface area contributed by atoms with E-state index >= 15 is 0 Å². The van der Waals surface area contributed by atoms with Crippen LogP contribution in [0.3, 0.4) is 0 Å². The Hall–Kier alpha value is -2.37. The van der Waals surface area contributed by atoms with Crippen LogP contribution in [-0.4, -0.2) is 62.0 Å². The van der Waals surface area contributed by atoms with E-state index in [0.29, 0.717) is 17.8 Å². The highest BCUT2D eigenvalue weighted by Gasteiger charge is 2.50. The standard InChI is InChI=1S/C25H29Cl3N4O5S/c1-24(2,3)32(23(36)37)12-8-7-11-16(14-32)29-19(33)17-13-18(15-9-5-4-6-10-15)38-20(17)30-22(35)31-21(34)25(26,27)28/h4-6,9-10,13,16H,7-8,11-12,14H2,1-3H3,(H3-,29,30,31,33,34,35,36,37)/p+1/t16-,32?/m0/s1. The average Bonchev–Trinajstić information content (AvgIpc) is 3.10. The summed E-state index contributed by atoms with van der Waals surface area (Å²) >= 11 is 17.7. The Kier molecular flexibility index (Phi) is 9.36. The van der Waals surface area contributed by atoms with Gasteiger partial charge in [0.05, 0.1) is 18.2 Å². The van der Waals surface area contributed by atoms with E-state index in [2.05, 4.69) is 10.6 Å². The second-order valence-electron chi connectivity index (χ2n) is 10.1. The van der Waals surface area contributed by atoms with Crippen LogP contribution in [0.5, 0.6) is 0 Å². The zero-order valence-electron chi connectivity index (χ0n) is 21.1. The fourth-order valence-corrected chi connectivity index (χ4v) is 5.69. The molecule has 1 aliphatic rings. The predicted molar refractivity (Wildman–Crippen MR) is 150 cm³/mol. The highest BCUT2D eigenvalue weighted by Crippen LogP contribution is 2.36. The smallest absolute Gasteiger partial charge is 0.435 e. The van der Waals surface area contributed by atoms with E-state index in [1.54, 1.807) is 6.07 Å². The van der Waals surface area contributed by atoms with Gasteiger partial charge in [0.15, 0.2) is 0 Å². The summed E-state index contributed by atoms with van der Waals surface area (Å²) in [4.78, 5) is 51.0. The number of halogens is 3. The van der Waals surface area contributed by atoms with E-state index in [-0.39, 0.29) is 21.6 Å². The number of carbonyl (C=O) groups is 4. The second-order valence-corrected chi connectivity index (χ2v) is 13.5. The summed E-state index contributed by atoms with van der Waals surface area (Å²) in [6.07, 6.45) is 1.17. The molecular weight excluding hydrogens is 575 g/mol. The first-order valence-corrected chi connectivity index (χ1v) is 13.9. The van der Waals surface area contributed by atoms with E-state index in [0.717, 1.165) is 29.7 Å². The molecule has 0 saturated carbocycles. The quantitative estimate of drug-likeness (QED) is 0.251. The highest BCUT2D eigenvalue weighted by molar-refractivity contribution is 7.20. The zero-order chi connectivity index (χ0) is 28.3. The van der Waals surface area contributed by atoms with E-state index < -0.39 is 39.3 Å². The molecule has 3 rings (SSSR count). The molecule has 1 unspecified atom stereocenters. The Bertz CT molecular complexity index is 1210. The molecule has 0 spiro atoms. The topological polar surface area (TPSA) is 125 Å². The molecule has 2 atom stereocenters. The van der Waals surface area contributed by atoms with Crippen molar-refractivity contribution in [1.82, 2.24) is 10.6 Å². The van der Waals surface area contributed by atoms with E-state index in [1.165, 1.54) is 0 Å². The van der Waals surface area contributed by atoms with Crippen LogP contribution in [0, 0.1) is 0 Å². The first kappa shape index (κ1) is 30.2. The summed E-state index contributed by atoms with van der Waals surface area (Å²) in [6, 6.07) is 9.52. The van der Waals surface area contributed by atoms with Gasteiger partial charge in [-0.2, -0.15) is 4.79 Å². The molecule has 0 aliphatic carbocycles. The molecule has 1 aliphatic heterocycles. The number of imide groups is 1. The number of anilines is 1. The van der Waals surface area contributed by atoms with Crippen LogP contribution in [0.25, 0.3) is 10.4 Å². The molecule has 13 heteroatoms. The third-order valence-corrected chi connectivity index (χ3v) is 8.22. The Balaban J connectivity index is 1.90. The number of urea groups is 1. The number of benzene rings is 1. The van der Waals surface area contributed by atoms with Gasteiger partial charge in [-0.1, -0.05) is 65.1 Å². The van der Waals surface area contributed by atoms with Crippen LogP contribution in [0.1, 0.15) is 50.4 Å². The Morgan fingerprint density at radius 2 is 1.71 bits per heavy atom. The maximum atomic E-state index is 13.5. The van der Waals surface area contributed by atoms with Crippen molar-refractivity contribution in [3.05, 3.63) is 42.0 Å². The third-order valence-electron chi connectivity index (χ3n) is 6.61. The molecule has 38 heavy (non-hydrogen) atoms. The van der Waals surface area contributed by atoms with Gasteiger partial charge in [-0.25, -0.2) is 9.28 Å². The fraction of sp³-hybridized carbons (Fsp3) is 0.440. The fourth-order valence-electron chi connectivity index (χ4n) is 4.49. The van der Waals surface area contributed by atoms with Gasteiger partial charge in [0.2, 0.25) is 0 Å². The van der Waals surface area contributed by atoms with Gasteiger partial charge in [-0.05, 0) is 51.7 Å². The van der Waals surface area contributed by atoms with Crippen LogP contribution < -0.4 is 16.0 Å². The summed E-state index contributed by atoms with van der Waals surface area (Å²) in [5, 5.41) is 17.8. The molecule has 1 saturated heterocycles. The van der Waals surface area contributed by atoms with Crippen molar-refractivity contribution in [2.75, 3.05) is 18.4 Å². The third kappa shape index (κ3) is 6.98. The summed E-state index contributed by atoms with van der Waals surface area (Å²) in [5.74, 6) is -1.62. The lowest BCUT2D eigenvalue weighted by Gasteiger charge is -2.44. The summed E-state index contributed by atoms with van der Waals surface area (Å²) in [5.41, 5.74) is 0.405. The molecule has 1 fully saturated rings. The van der Waals surface area contributed by atoms with Crippen LogP contribution in [-0.2, 0) is 4.79 Å². The highest BCUT2D eigenvalue weighted by atomic mass is 35.6. The number of nitrogens with zero attached hydrogens (tertiary/aromatic N) is 1. The number of hydrogen-bond acceptors (Lipinski definition) is 5. The SMILES string of the molecule is CC(C)(C)[N+]1(C(=O)O)CCCC[C@H](NC(=O)c2cc(-c3ccccc3)sc2NC(=O)NC(=O)C(Cl)(Cl)Cl)C1. The minimum absolute atomic E-state index is 0.166. The van der Waals surface area contributed by atoms with Gasteiger partial charge < -0.3 is 10.4 Å². The van der Waals surface area contributed by atoms with E-state index in [9.17, 15) is 24.3 Å². The second kappa shape index (κ2) is 11.8. The first-order valence-electron chi connectivity index (χ1n) is 11.9. The van der Waals surface area contributed by atoms with E-state index in [4.69, 9.17) is 34.8 Å². The van der Waals surface area contributed by atoms with Crippen molar-refractivity contribution in [2.24, 2.45) is 0 Å². The minimum atomic E-state index is -2.34. The minimum Gasteiger partial charge on any atom is -0.435 e. The number of amides is 5. The number of carboxylic acid groups (broad SMARTS) is 1. The molecule has 1 aromatic heterocycles. The molecular formula is C25H30Cl3N4O5S+. The number of thiophene rings is 1. The van der Waals surface area contributed by atoms with Crippen molar-refractivity contribution < 1.29 is 28.8 Å². The summed E-state index contributed by atoms with van der Waals surface area (Å²) in [7, 11) is 0. The van der Waals surface area contributed by atoms with Crippen LogP contribution in [0.4, 0.5) is 14.6 Å². The first-order chi connectivity index (χ1) is 17.6. The van der Waals surface area contributed by atoms with Crippen LogP contribution in [0.15, 0.2) is 36.4 Å². The number of hydrogen-bond donors (Lipinski definition) is 4. The molecule has 5 amide bonds. The maximum Gasteiger partial charge on any atom is 0.514 e. The average molecular weight is 605 g/mol. The van der Waals surface area contributed by atoms with Gasteiger partial charge in [0, 0.05) is 4.88 Å². The van der Waals surface area contributed by atoms with Crippen LogP contribution in [0.2, 0.25) is 0 Å². The zero-order valence-corrected chi connectivity index (χ0v) is 24.2. The van der Waals surface area contributed by atoms with Gasteiger partial charge in [-0.3, -0.25) is 20.2 Å². The molecule has 0 bridgehead atoms. The Morgan fingerprint density at radius 3 is 2.29 bits per heavy atom. The number of rotatable bonds is 4. The number of alkyl halides is 3. The number of nitrogens with one attached hydrogen (secondary N) is 3. The van der Waals surface area contributed by atoms with Gasteiger partial charge in [0.1, 0.15) is 17.1 Å². The number of carbonyl (C=O) groups excluding carboxylic acids is 3. The Labute approximate surface area is 240 Å². The lowest BCUT2D eigenvalue weighted by atomic mass is 10.0. The molecule has 2 aromatic rings. The molecule has 206 valence electrons. The normalized spacial score (nSPS) is 20.2.